The SMILES string of the molecule is CC(C)(N)C(O)C1CCSC1. The van der Waals surface area contributed by atoms with E-state index in [9.17, 15) is 5.11 Å². The highest BCUT2D eigenvalue weighted by atomic mass is 32.2. The third-order valence-corrected chi connectivity index (χ3v) is 3.36. The van der Waals surface area contributed by atoms with Gasteiger partial charge in [0.25, 0.3) is 0 Å². The molecule has 0 bridgehead atoms. The van der Waals surface area contributed by atoms with Gasteiger partial charge in [-0.05, 0) is 37.7 Å². The van der Waals surface area contributed by atoms with Crippen LogP contribution in [0.3, 0.4) is 0 Å². The number of rotatable bonds is 2. The van der Waals surface area contributed by atoms with Crippen LogP contribution >= 0.6 is 11.8 Å². The molecule has 0 radical (unpaired) electrons. The molecule has 0 amide bonds. The van der Waals surface area contributed by atoms with Gasteiger partial charge in [-0.1, -0.05) is 0 Å². The molecule has 1 aliphatic heterocycles. The van der Waals surface area contributed by atoms with Gasteiger partial charge in [-0.25, -0.2) is 0 Å². The minimum Gasteiger partial charge on any atom is -0.391 e. The maximum Gasteiger partial charge on any atom is 0.0750 e. The first-order chi connectivity index (χ1) is 5.02. The van der Waals surface area contributed by atoms with E-state index in [1.165, 1.54) is 5.75 Å². The molecule has 1 heterocycles. The molecule has 1 fully saturated rings. The van der Waals surface area contributed by atoms with Crippen molar-refractivity contribution in [3.8, 4) is 0 Å². The summed E-state index contributed by atoms with van der Waals surface area (Å²) in [7, 11) is 0. The average molecular weight is 175 g/mol. The van der Waals surface area contributed by atoms with E-state index in [1.54, 1.807) is 0 Å². The summed E-state index contributed by atoms with van der Waals surface area (Å²) in [5.74, 6) is 2.67. The monoisotopic (exact) mass is 175 g/mol. The summed E-state index contributed by atoms with van der Waals surface area (Å²) in [4.78, 5) is 0. The van der Waals surface area contributed by atoms with Gasteiger partial charge in [0.1, 0.15) is 0 Å². The summed E-state index contributed by atoms with van der Waals surface area (Å²) in [5.41, 5.74) is 5.36. The Kier molecular flexibility index (Phi) is 2.84. The maximum atomic E-state index is 9.75. The minimum absolute atomic E-state index is 0.336. The topological polar surface area (TPSA) is 46.2 Å². The van der Waals surface area contributed by atoms with Crippen LogP contribution in [0.4, 0.5) is 0 Å². The van der Waals surface area contributed by atoms with Crippen molar-refractivity contribution in [2.24, 2.45) is 11.7 Å². The first-order valence-corrected chi connectivity index (χ1v) is 5.22. The smallest absolute Gasteiger partial charge is 0.0750 e. The second-order valence-electron chi connectivity index (χ2n) is 3.89. The Balaban J connectivity index is 2.46. The van der Waals surface area contributed by atoms with Crippen molar-refractivity contribution in [3.63, 3.8) is 0 Å². The van der Waals surface area contributed by atoms with Gasteiger partial charge in [0, 0.05) is 5.54 Å². The predicted octanol–water partition coefficient (Wildman–Crippen LogP) is 0.838. The van der Waals surface area contributed by atoms with Crippen molar-refractivity contribution in [1.82, 2.24) is 0 Å². The van der Waals surface area contributed by atoms with Crippen molar-refractivity contribution >= 4 is 11.8 Å². The quantitative estimate of drug-likeness (QED) is 0.653. The van der Waals surface area contributed by atoms with Crippen LogP contribution in [0.5, 0.6) is 0 Å². The molecule has 2 atom stereocenters. The highest BCUT2D eigenvalue weighted by molar-refractivity contribution is 7.99. The lowest BCUT2D eigenvalue weighted by Crippen LogP contribution is -2.49. The van der Waals surface area contributed by atoms with Crippen LogP contribution < -0.4 is 5.73 Å². The average Bonchev–Trinajstić information content (AvgIpc) is 2.34. The fourth-order valence-electron chi connectivity index (χ4n) is 1.41. The van der Waals surface area contributed by atoms with Crippen molar-refractivity contribution < 1.29 is 5.11 Å². The molecular weight excluding hydrogens is 158 g/mol. The van der Waals surface area contributed by atoms with Crippen LogP contribution in [0.25, 0.3) is 0 Å². The third kappa shape index (κ3) is 2.36. The largest absolute Gasteiger partial charge is 0.391 e. The molecule has 0 saturated carbocycles. The summed E-state index contributed by atoms with van der Waals surface area (Å²) in [6.07, 6.45) is 0.782. The molecule has 11 heavy (non-hydrogen) atoms. The highest BCUT2D eigenvalue weighted by Crippen LogP contribution is 2.29. The normalized spacial score (nSPS) is 28.9. The maximum absolute atomic E-state index is 9.75. The van der Waals surface area contributed by atoms with E-state index in [-0.39, 0.29) is 6.10 Å². The molecule has 0 aromatic heterocycles. The first kappa shape index (κ1) is 9.36. The molecule has 0 aromatic rings. The lowest BCUT2D eigenvalue weighted by molar-refractivity contribution is 0.0574. The van der Waals surface area contributed by atoms with E-state index in [0.717, 1.165) is 12.2 Å². The second-order valence-corrected chi connectivity index (χ2v) is 5.04. The number of hydrogen-bond acceptors (Lipinski definition) is 3. The molecule has 1 saturated heterocycles. The van der Waals surface area contributed by atoms with Crippen molar-refractivity contribution in [2.45, 2.75) is 31.9 Å². The summed E-state index contributed by atoms with van der Waals surface area (Å²) in [6.45, 7) is 3.78. The van der Waals surface area contributed by atoms with Crippen molar-refractivity contribution in [3.05, 3.63) is 0 Å². The zero-order valence-electron chi connectivity index (χ0n) is 7.21. The van der Waals surface area contributed by atoms with Crippen LogP contribution in [-0.2, 0) is 0 Å². The Morgan fingerprint density at radius 1 is 1.64 bits per heavy atom. The Bertz CT molecular complexity index is 127. The number of nitrogens with two attached hydrogens (primary N) is 1. The van der Waals surface area contributed by atoms with Gasteiger partial charge >= 0.3 is 0 Å². The van der Waals surface area contributed by atoms with E-state index < -0.39 is 5.54 Å². The summed E-state index contributed by atoms with van der Waals surface area (Å²) < 4.78 is 0. The van der Waals surface area contributed by atoms with Crippen molar-refractivity contribution in [1.29, 1.82) is 0 Å². The molecular formula is C8H17NOS. The zero-order chi connectivity index (χ0) is 8.48. The Hall–Kier alpha value is 0.270. The van der Waals surface area contributed by atoms with E-state index in [1.807, 2.05) is 25.6 Å². The molecule has 1 aliphatic rings. The molecule has 3 N–H and O–H groups in total. The summed E-state index contributed by atoms with van der Waals surface area (Å²) >= 11 is 1.91. The van der Waals surface area contributed by atoms with Gasteiger partial charge in [-0.3, -0.25) is 0 Å². The van der Waals surface area contributed by atoms with E-state index in [0.29, 0.717) is 5.92 Å². The number of aliphatic hydroxyl groups is 1. The Morgan fingerprint density at radius 3 is 2.64 bits per heavy atom. The van der Waals surface area contributed by atoms with E-state index >= 15 is 0 Å². The Labute approximate surface area is 72.5 Å². The standard InChI is InChI=1S/C8H17NOS/c1-8(2,9)7(10)6-3-4-11-5-6/h6-7,10H,3-5,9H2,1-2H3. The fourth-order valence-corrected chi connectivity index (χ4v) is 2.70. The molecule has 1 rings (SSSR count). The highest BCUT2D eigenvalue weighted by Gasteiger charge is 2.32. The zero-order valence-corrected chi connectivity index (χ0v) is 8.03. The molecule has 66 valence electrons. The van der Waals surface area contributed by atoms with Gasteiger partial charge in [0.15, 0.2) is 0 Å². The molecule has 0 aromatic carbocycles. The molecule has 3 heteroatoms. The Morgan fingerprint density at radius 2 is 2.27 bits per heavy atom. The van der Waals surface area contributed by atoms with Gasteiger partial charge in [0.2, 0.25) is 0 Å². The molecule has 2 unspecified atom stereocenters. The van der Waals surface area contributed by atoms with Gasteiger partial charge < -0.3 is 10.8 Å². The van der Waals surface area contributed by atoms with Crippen LogP contribution in [0.15, 0.2) is 0 Å². The van der Waals surface area contributed by atoms with Gasteiger partial charge in [-0.15, -0.1) is 0 Å². The molecule has 2 nitrogen and oxygen atoms in total. The van der Waals surface area contributed by atoms with Gasteiger partial charge in [0.05, 0.1) is 6.10 Å². The lowest BCUT2D eigenvalue weighted by atomic mass is 9.87. The first-order valence-electron chi connectivity index (χ1n) is 4.06. The van der Waals surface area contributed by atoms with Crippen LogP contribution in [0.1, 0.15) is 20.3 Å². The summed E-state index contributed by atoms with van der Waals surface area (Å²) in [6, 6.07) is 0. The molecule has 0 aliphatic carbocycles. The second kappa shape index (κ2) is 3.33. The molecule has 0 spiro atoms. The third-order valence-electron chi connectivity index (χ3n) is 2.17. The predicted molar refractivity (Wildman–Crippen MR) is 49.7 cm³/mol. The van der Waals surface area contributed by atoms with Crippen molar-refractivity contribution in [2.75, 3.05) is 11.5 Å². The number of thioether (sulfide) groups is 1. The lowest BCUT2D eigenvalue weighted by Gasteiger charge is -2.30. The van der Waals surface area contributed by atoms with E-state index in [4.69, 9.17) is 5.73 Å². The van der Waals surface area contributed by atoms with Gasteiger partial charge in [-0.2, -0.15) is 11.8 Å². The van der Waals surface area contributed by atoms with Crippen LogP contribution in [0, 0.1) is 5.92 Å². The fraction of sp³-hybridized carbons (Fsp3) is 1.00. The van der Waals surface area contributed by atoms with E-state index in [2.05, 4.69) is 0 Å². The number of hydrogen-bond donors (Lipinski definition) is 2. The number of aliphatic hydroxyl groups excluding tert-OH is 1. The van der Waals surface area contributed by atoms with Crippen LogP contribution in [0.2, 0.25) is 0 Å². The minimum atomic E-state index is -0.435. The summed E-state index contributed by atoms with van der Waals surface area (Å²) in [5, 5.41) is 9.75. The van der Waals surface area contributed by atoms with Crippen LogP contribution in [-0.4, -0.2) is 28.3 Å².